The number of hydrogen-bond donors (Lipinski definition) is 1. The number of hydrogen-bond acceptors (Lipinski definition) is 6. The summed E-state index contributed by atoms with van der Waals surface area (Å²) in [6, 6.07) is 14.1. The minimum atomic E-state index is -1.10. The molecule has 0 spiro atoms. The van der Waals surface area contributed by atoms with E-state index in [1.165, 1.54) is 31.2 Å². The molecule has 0 aromatic heterocycles. The number of esters is 1. The van der Waals surface area contributed by atoms with E-state index in [1.807, 2.05) is 6.07 Å². The van der Waals surface area contributed by atoms with E-state index >= 15 is 0 Å². The quantitative estimate of drug-likeness (QED) is 0.363. The average molecular weight is 365 g/mol. The minimum absolute atomic E-state index is 0.102. The van der Waals surface area contributed by atoms with Gasteiger partial charge in [-0.3, -0.25) is 14.9 Å². The second kappa shape index (κ2) is 8.92. The van der Waals surface area contributed by atoms with Crippen molar-refractivity contribution >= 4 is 29.3 Å². The topological polar surface area (TPSA) is 122 Å². The monoisotopic (exact) mass is 365 g/mol. The van der Waals surface area contributed by atoms with E-state index < -0.39 is 22.9 Å². The molecule has 0 aliphatic carbocycles. The third-order valence-corrected chi connectivity index (χ3v) is 3.46. The van der Waals surface area contributed by atoms with Crippen LogP contribution in [0.1, 0.15) is 18.1 Å². The SMILES string of the molecule is C[C@@H](OC(=O)/C=C/c1cccc([N+](=O)[O-])c1)C(=O)Nc1ccccc1C#N. The van der Waals surface area contributed by atoms with Gasteiger partial charge in [0.15, 0.2) is 6.10 Å². The molecule has 27 heavy (non-hydrogen) atoms. The summed E-state index contributed by atoms with van der Waals surface area (Å²) in [5, 5.41) is 22.3. The van der Waals surface area contributed by atoms with Crippen LogP contribution in [-0.4, -0.2) is 22.9 Å². The maximum atomic E-state index is 12.1. The van der Waals surface area contributed by atoms with Crippen molar-refractivity contribution in [2.75, 3.05) is 5.32 Å². The molecule has 2 rings (SSSR count). The molecule has 1 amide bonds. The highest BCUT2D eigenvalue weighted by Gasteiger charge is 2.17. The van der Waals surface area contributed by atoms with Crippen LogP contribution in [0.4, 0.5) is 11.4 Å². The van der Waals surface area contributed by atoms with Gasteiger partial charge in [-0.05, 0) is 30.7 Å². The van der Waals surface area contributed by atoms with Crippen LogP contribution >= 0.6 is 0 Å². The molecule has 1 atom stereocenters. The Kier molecular flexibility index (Phi) is 6.39. The first kappa shape index (κ1) is 19.3. The fraction of sp³-hybridized carbons (Fsp3) is 0.105. The summed E-state index contributed by atoms with van der Waals surface area (Å²) in [6.07, 6.45) is 1.33. The van der Waals surface area contributed by atoms with Crippen LogP contribution in [-0.2, 0) is 14.3 Å². The third kappa shape index (κ3) is 5.51. The summed E-state index contributed by atoms with van der Waals surface area (Å²) < 4.78 is 5.00. The van der Waals surface area contributed by atoms with Crippen molar-refractivity contribution in [2.24, 2.45) is 0 Å². The Bertz CT molecular complexity index is 946. The highest BCUT2D eigenvalue weighted by molar-refractivity contribution is 5.97. The molecule has 0 fully saturated rings. The predicted octanol–water partition coefficient (Wildman–Crippen LogP) is 3.05. The van der Waals surface area contributed by atoms with Crippen LogP contribution in [0.2, 0.25) is 0 Å². The Balaban J connectivity index is 1.96. The van der Waals surface area contributed by atoms with Crippen LogP contribution in [0.15, 0.2) is 54.6 Å². The number of nitro benzene ring substituents is 1. The zero-order valence-corrected chi connectivity index (χ0v) is 14.3. The first-order valence-electron chi connectivity index (χ1n) is 7.84. The van der Waals surface area contributed by atoms with Gasteiger partial charge in [0.05, 0.1) is 16.2 Å². The summed E-state index contributed by atoms with van der Waals surface area (Å²) in [5.41, 5.74) is 0.950. The zero-order chi connectivity index (χ0) is 19.8. The molecule has 1 N–H and O–H groups in total. The van der Waals surface area contributed by atoms with Gasteiger partial charge in [0.2, 0.25) is 0 Å². The van der Waals surface area contributed by atoms with Crippen LogP contribution in [0.5, 0.6) is 0 Å². The van der Waals surface area contributed by atoms with Crippen molar-refractivity contribution in [3.05, 3.63) is 75.8 Å². The van der Waals surface area contributed by atoms with Gasteiger partial charge in [-0.25, -0.2) is 4.79 Å². The molecular weight excluding hydrogens is 350 g/mol. The molecule has 2 aromatic carbocycles. The smallest absolute Gasteiger partial charge is 0.331 e. The number of carbonyl (C=O) groups excluding carboxylic acids is 2. The van der Waals surface area contributed by atoms with E-state index in [4.69, 9.17) is 10.00 Å². The van der Waals surface area contributed by atoms with Crippen molar-refractivity contribution in [1.29, 1.82) is 5.26 Å². The highest BCUT2D eigenvalue weighted by Crippen LogP contribution is 2.15. The van der Waals surface area contributed by atoms with Gasteiger partial charge in [-0.1, -0.05) is 24.3 Å². The van der Waals surface area contributed by atoms with Gasteiger partial charge < -0.3 is 10.1 Å². The molecule has 2 aromatic rings. The largest absolute Gasteiger partial charge is 0.449 e. The molecule has 0 heterocycles. The molecule has 0 saturated heterocycles. The second-order valence-electron chi connectivity index (χ2n) is 5.41. The number of nitrogens with one attached hydrogen (secondary N) is 1. The predicted molar refractivity (Wildman–Crippen MR) is 97.5 cm³/mol. The molecule has 0 bridgehead atoms. The van der Waals surface area contributed by atoms with Gasteiger partial charge in [0.1, 0.15) is 6.07 Å². The Morgan fingerprint density at radius 1 is 1.26 bits per heavy atom. The number of ether oxygens (including phenoxy) is 1. The number of nitriles is 1. The summed E-state index contributed by atoms with van der Waals surface area (Å²) in [6.45, 7) is 1.39. The van der Waals surface area contributed by atoms with Crippen LogP contribution in [0, 0.1) is 21.4 Å². The summed E-state index contributed by atoms with van der Waals surface area (Å²) in [4.78, 5) is 34.2. The molecule has 0 aliphatic heterocycles. The maximum Gasteiger partial charge on any atom is 0.331 e. The van der Waals surface area contributed by atoms with Crippen molar-refractivity contribution < 1.29 is 19.2 Å². The van der Waals surface area contributed by atoms with E-state index in [0.717, 1.165) is 6.08 Å². The lowest BCUT2D eigenvalue weighted by Gasteiger charge is -2.13. The maximum absolute atomic E-state index is 12.1. The summed E-state index contributed by atoms with van der Waals surface area (Å²) in [5.74, 6) is -1.37. The van der Waals surface area contributed by atoms with Crippen LogP contribution < -0.4 is 5.32 Å². The number of anilines is 1. The first-order chi connectivity index (χ1) is 12.9. The van der Waals surface area contributed by atoms with Gasteiger partial charge in [0.25, 0.3) is 11.6 Å². The van der Waals surface area contributed by atoms with Crippen molar-refractivity contribution in [3.8, 4) is 6.07 Å². The number of amides is 1. The number of benzene rings is 2. The van der Waals surface area contributed by atoms with E-state index in [2.05, 4.69) is 5.32 Å². The fourth-order valence-electron chi connectivity index (χ4n) is 2.10. The van der Waals surface area contributed by atoms with Crippen molar-refractivity contribution in [2.45, 2.75) is 13.0 Å². The normalized spacial score (nSPS) is 11.4. The van der Waals surface area contributed by atoms with E-state index in [1.54, 1.807) is 30.3 Å². The van der Waals surface area contributed by atoms with Crippen molar-refractivity contribution in [3.63, 3.8) is 0 Å². The summed E-state index contributed by atoms with van der Waals surface area (Å²) >= 11 is 0. The Morgan fingerprint density at radius 2 is 2.00 bits per heavy atom. The highest BCUT2D eigenvalue weighted by atomic mass is 16.6. The Hall–Kier alpha value is -3.99. The van der Waals surface area contributed by atoms with Crippen LogP contribution in [0.3, 0.4) is 0 Å². The summed E-state index contributed by atoms with van der Waals surface area (Å²) in [7, 11) is 0. The lowest BCUT2D eigenvalue weighted by Crippen LogP contribution is -2.29. The van der Waals surface area contributed by atoms with Crippen LogP contribution in [0.25, 0.3) is 6.08 Å². The number of non-ortho nitro benzene ring substituents is 1. The van der Waals surface area contributed by atoms with E-state index in [0.29, 0.717) is 11.3 Å². The molecule has 8 nitrogen and oxygen atoms in total. The third-order valence-electron chi connectivity index (χ3n) is 3.46. The zero-order valence-electron chi connectivity index (χ0n) is 14.3. The Morgan fingerprint density at radius 3 is 2.70 bits per heavy atom. The molecular formula is C19H15N3O5. The number of carbonyl (C=O) groups is 2. The molecule has 0 aliphatic rings. The standard InChI is InChI=1S/C19H15N3O5/c1-13(19(24)21-17-8-3-2-6-15(17)12-20)27-18(23)10-9-14-5-4-7-16(11-14)22(25)26/h2-11,13H,1H3,(H,21,24)/b10-9+/t13-/m1/s1. The number of para-hydroxylation sites is 1. The van der Waals surface area contributed by atoms with E-state index in [-0.39, 0.29) is 11.3 Å². The molecule has 0 saturated carbocycles. The second-order valence-corrected chi connectivity index (χ2v) is 5.41. The number of nitro groups is 1. The molecule has 0 radical (unpaired) electrons. The lowest BCUT2D eigenvalue weighted by atomic mass is 10.2. The Labute approximate surface area is 154 Å². The van der Waals surface area contributed by atoms with Crippen molar-refractivity contribution in [1.82, 2.24) is 0 Å². The average Bonchev–Trinajstić information content (AvgIpc) is 2.67. The fourth-order valence-corrected chi connectivity index (χ4v) is 2.10. The van der Waals surface area contributed by atoms with E-state index in [9.17, 15) is 19.7 Å². The number of rotatable bonds is 6. The molecule has 8 heteroatoms. The van der Waals surface area contributed by atoms with Gasteiger partial charge in [0, 0.05) is 18.2 Å². The minimum Gasteiger partial charge on any atom is -0.449 e. The molecule has 0 unspecified atom stereocenters. The van der Waals surface area contributed by atoms with Gasteiger partial charge >= 0.3 is 5.97 Å². The van der Waals surface area contributed by atoms with Gasteiger partial charge in [-0.2, -0.15) is 5.26 Å². The first-order valence-corrected chi connectivity index (χ1v) is 7.84. The molecule has 136 valence electrons. The lowest BCUT2D eigenvalue weighted by molar-refractivity contribution is -0.384. The number of nitrogens with zero attached hydrogens (tertiary/aromatic N) is 2. The van der Waals surface area contributed by atoms with Gasteiger partial charge in [-0.15, -0.1) is 0 Å².